The first-order valence-electron chi connectivity index (χ1n) is 6.55. The maximum Gasteiger partial charge on any atom is 0.169 e. The third-order valence-electron chi connectivity index (χ3n) is 2.97. The smallest absolute Gasteiger partial charge is 0.169 e. The van der Waals surface area contributed by atoms with Crippen LogP contribution in [0.5, 0.6) is 0 Å². The van der Waals surface area contributed by atoms with Crippen LogP contribution in [0.15, 0.2) is 36.5 Å². The van der Waals surface area contributed by atoms with E-state index in [1.807, 2.05) is 24.3 Å². The van der Waals surface area contributed by atoms with E-state index in [-0.39, 0.29) is 0 Å². The largest absolute Gasteiger partial charge is 0.399 e. The number of nitrogens with zero attached hydrogens (tertiary/aromatic N) is 4. The molecule has 0 radical (unpaired) electrons. The van der Waals surface area contributed by atoms with Crippen molar-refractivity contribution in [2.24, 2.45) is 0 Å². The second-order valence-corrected chi connectivity index (χ2v) is 4.54. The summed E-state index contributed by atoms with van der Waals surface area (Å²) in [6.07, 6.45) is 2.51. The van der Waals surface area contributed by atoms with Crippen molar-refractivity contribution in [3.8, 4) is 6.07 Å². The maximum absolute atomic E-state index is 9.18. The van der Waals surface area contributed by atoms with Crippen LogP contribution in [-0.2, 0) is 6.54 Å². The fraction of sp³-hybridized carbons (Fsp3) is 0.267. The molecular formula is C15H17N5. The van der Waals surface area contributed by atoms with Crippen molar-refractivity contribution >= 4 is 11.5 Å². The van der Waals surface area contributed by atoms with Crippen LogP contribution in [0.3, 0.4) is 0 Å². The Kier molecular flexibility index (Phi) is 4.51. The molecule has 5 nitrogen and oxygen atoms in total. The zero-order valence-electron chi connectivity index (χ0n) is 11.5. The maximum atomic E-state index is 9.18. The van der Waals surface area contributed by atoms with Gasteiger partial charge in [0, 0.05) is 18.8 Å². The Morgan fingerprint density at radius 3 is 2.65 bits per heavy atom. The summed E-state index contributed by atoms with van der Waals surface area (Å²) in [5.41, 5.74) is 8.11. The molecule has 2 N–H and O–H groups in total. The molecule has 20 heavy (non-hydrogen) atoms. The van der Waals surface area contributed by atoms with E-state index in [0.717, 1.165) is 24.2 Å². The summed E-state index contributed by atoms with van der Waals surface area (Å²) in [6, 6.07) is 11.6. The minimum atomic E-state index is 0.545. The Labute approximate surface area is 118 Å². The van der Waals surface area contributed by atoms with Crippen LogP contribution in [0.25, 0.3) is 0 Å². The molecule has 0 atom stereocenters. The first-order chi connectivity index (χ1) is 9.74. The van der Waals surface area contributed by atoms with E-state index in [1.165, 1.54) is 6.20 Å². The van der Waals surface area contributed by atoms with Crippen LogP contribution in [-0.4, -0.2) is 16.7 Å². The molecule has 0 aliphatic heterocycles. The first kappa shape index (κ1) is 13.8. The van der Waals surface area contributed by atoms with Gasteiger partial charge in [0.15, 0.2) is 5.82 Å². The molecule has 0 fully saturated rings. The molecule has 0 spiro atoms. The summed E-state index contributed by atoms with van der Waals surface area (Å²) in [6.45, 7) is 3.59. The lowest BCUT2D eigenvalue weighted by molar-refractivity contribution is 0.742. The minimum Gasteiger partial charge on any atom is -0.399 e. The number of aromatic nitrogens is 2. The molecule has 0 saturated heterocycles. The van der Waals surface area contributed by atoms with Gasteiger partial charge in [-0.05, 0) is 30.2 Å². The molecule has 2 rings (SSSR count). The predicted molar refractivity (Wildman–Crippen MR) is 78.9 cm³/mol. The Balaban J connectivity index is 2.27. The van der Waals surface area contributed by atoms with Crippen molar-refractivity contribution in [2.75, 3.05) is 17.2 Å². The second kappa shape index (κ2) is 6.53. The molecule has 0 unspecified atom stereocenters. The van der Waals surface area contributed by atoms with Crippen LogP contribution in [0.4, 0.5) is 11.5 Å². The molecule has 2 aromatic rings. The average molecular weight is 267 g/mol. The van der Waals surface area contributed by atoms with Gasteiger partial charge in [-0.1, -0.05) is 19.1 Å². The summed E-state index contributed by atoms with van der Waals surface area (Å²) < 4.78 is 0. The summed E-state index contributed by atoms with van der Waals surface area (Å²) in [4.78, 5) is 2.07. The normalized spacial score (nSPS) is 10.0. The predicted octanol–water partition coefficient (Wildman–Crippen LogP) is 2.35. The fourth-order valence-corrected chi connectivity index (χ4v) is 2.02. The van der Waals surface area contributed by atoms with E-state index >= 15 is 0 Å². The summed E-state index contributed by atoms with van der Waals surface area (Å²) >= 11 is 0. The van der Waals surface area contributed by atoms with Gasteiger partial charge in [0.05, 0.1) is 11.8 Å². The first-order valence-corrected chi connectivity index (χ1v) is 6.55. The summed E-state index contributed by atoms with van der Waals surface area (Å²) in [5, 5.41) is 17.2. The van der Waals surface area contributed by atoms with Crippen molar-refractivity contribution in [2.45, 2.75) is 19.9 Å². The second-order valence-electron chi connectivity index (χ2n) is 4.54. The van der Waals surface area contributed by atoms with Gasteiger partial charge in [-0.2, -0.15) is 10.4 Å². The lowest BCUT2D eigenvalue weighted by atomic mass is 10.2. The zero-order valence-corrected chi connectivity index (χ0v) is 11.5. The molecule has 0 bridgehead atoms. The fourth-order valence-electron chi connectivity index (χ4n) is 2.02. The van der Waals surface area contributed by atoms with E-state index in [9.17, 15) is 5.26 Å². The standard InChI is InChI=1S/C15H17N5/c1-2-9-20(11-12-3-5-14(17)6-4-12)15-13(10-16)7-8-18-19-15/h3-8H,2,9,11,17H2,1H3. The number of benzene rings is 1. The molecule has 1 aromatic heterocycles. The van der Waals surface area contributed by atoms with Gasteiger partial charge in [0.25, 0.3) is 0 Å². The monoisotopic (exact) mass is 267 g/mol. The number of anilines is 2. The van der Waals surface area contributed by atoms with Crippen molar-refractivity contribution in [1.82, 2.24) is 10.2 Å². The van der Waals surface area contributed by atoms with Gasteiger partial charge >= 0.3 is 0 Å². The van der Waals surface area contributed by atoms with Gasteiger partial charge in [-0.15, -0.1) is 5.10 Å². The van der Waals surface area contributed by atoms with E-state index < -0.39 is 0 Å². The molecule has 0 aliphatic rings. The zero-order chi connectivity index (χ0) is 14.4. The van der Waals surface area contributed by atoms with Crippen LogP contribution in [0.2, 0.25) is 0 Å². The van der Waals surface area contributed by atoms with E-state index in [1.54, 1.807) is 6.07 Å². The van der Waals surface area contributed by atoms with Gasteiger partial charge in [-0.3, -0.25) is 0 Å². The third-order valence-corrected chi connectivity index (χ3v) is 2.97. The number of hydrogen-bond donors (Lipinski definition) is 1. The van der Waals surface area contributed by atoms with Gasteiger partial charge in [-0.25, -0.2) is 0 Å². The van der Waals surface area contributed by atoms with Crippen molar-refractivity contribution < 1.29 is 0 Å². The Bertz CT molecular complexity index is 600. The van der Waals surface area contributed by atoms with E-state index in [0.29, 0.717) is 17.9 Å². The molecule has 0 saturated carbocycles. The van der Waals surface area contributed by atoms with Gasteiger partial charge < -0.3 is 10.6 Å². The molecule has 5 heteroatoms. The highest BCUT2D eigenvalue weighted by Gasteiger charge is 2.13. The van der Waals surface area contributed by atoms with Crippen molar-refractivity contribution in [1.29, 1.82) is 5.26 Å². The van der Waals surface area contributed by atoms with E-state index in [4.69, 9.17) is 5.73 Å². The van der Waals surface area contributed by atoms with Crippen molar-refractivity contribution in [3.63, 3.8) is 0 Å². The SMILES string of the molecule is CCCN(Cc1ccc(N)cc1)c1nnccc1C#N. The lowest BCUT2D eigenvalue weighted by Crippen LogP contribution is -2.25. The molecule has 1 aromatic carbocycles. The molecule has 0 aliphatic carbocycles. The van der Waals surface area contributed by atoms with Crippen LogP contribution in [0.1, 0.15) is 24.5 Å². The molecule has 0 amide bonds. The molecular weight excluding hydrogens is 250 g/mol. The number of nitrogens with two attached hydrogens (primary N) is 1. The van der Waals surface area contributed by atoms with Gasteiger partial charge in [0.1, 0.15) is 6.07 Å². The Hall–Kier alpha value is -2.61. The topological polar surface area (TPSA) is 78.8 Å². The summed E-state index contributed by atoms with van der Waals surface area (Å²) in [5.74, 6) is 0.633. The lowest BCUT2D eigenvalue weighted by Gasteiger charge is -2.23. The number of nitriles is 1. The summed E-state index contributed by atoms with van der Waals surface area (Å²) in [7, 11) is 0. The molecule has 102 valence electrons. The van der Waals surface area contributed by atoms with Crippen LogP contribution in [0, 0.1) is 11.3 Å². The Morgan fingerprint density at radius 2 is 2.00 bits per heavy atom. The van der Waals surface area contributed by atoms with Crippen molar-refractivity contribution in [3.05, 3.63) is 47.7 Å². The quantitative estimate of drug-likeness (QED) is 0.841. The number of rotatable bonds is 5. The number of nitrogen functional groups attached to an aromatic ring is 1. The van der Waals surface area contributed by atoms with Crippen LogP contribution >= 0.6 is 0 Å². The minimum absolute atomic E-state index is 0.545. The average Bonchev–Trinajstić information content (AvgIpc) is 2.49. The highest BCUT2D eigenvalue weighted by atomic mass is 15.3. The highest BCUT2D eigenvalue weighted by molar-refractivity contribution is 5.53. The third kappa shape index (κ3) is 3.23. The van der Waals surface area contributed by atoms with Gasteiger partial charge in [0.2, 0.25) is 0 Å². The highest BCUT2D eigenvalue weighted by Crippen LogP contribution is 2.19. The Morgan fingerprint density at radius 1 is 1.25 bits per heavy atom. The van der Waals surface area contributed by atoms with Crippen LogP contribution < -0.4 is 10.6 Å². The van der Waals surface area contributed by atoms with E-state index in [2.05, 4.69) is 28.1 Å². The number of hydrogen-bond acceptors (Lipinski definition) is 5. The molecule has 1 heterocycles.